The van der Waals surface area contributed by atoms with E-state index in [1.165, 1.54) is 0 Å². The number of carbonyl (C=O) groups is 1. The lowest BCUT2D eigenvalue weighted by molar-refractivity contribution is -0.238. The van der Waals surface area contributed by atoms with Crippen LogP contribution in [0.5, 0.6) is 0 Å². The third-order valence-electron chi connectivity index (χ3n) is 3.45. The molecule has 3 atom stereocenters. The monoisotopic (exact) mass is 234 g/mol. The summed E-state index contributed by atoms with van der Waals surface area (Å²) in [5.74, 6) is -0.174. The van der Waals surface area contributed by atoms with Gasteiger partial charge in [-0.15, -0.1) is 0 Å². The van der Waals surface area contributed by atoms with Gasteiger partial charge in [0.15, 0.2) is 6.29 Å². The zero-order valence-corrected chi connectivity index (χ0v) is 10.5. The topological polar surface area (TPSA) is 35.5 Å². The summed E-state index contributed by atoms with van der Waals surface area (Å²) in [5.41, 5.74) is 0.519. The number of ether oxygens (including phenoxy) is 2. The van der Waals surface area contributed by atoms with Crippen LogP contribution in [0.25, 0.3) is 0 Å². The Morgan fingerprint density at radius 1 is 1.24 bits per heavy atom. The van der Waals surface area contributed by atoms with Crippen LogP contribution >= 0.6 is 0 Å². The van der Waals surface area contributed by atoms with Gasteiger partial charge in [0.1, 0.15) is 0 Å². The molecule has 3 nitrogen and oxygen atoms in total. The SMILES string of the molecule is C[C@H]1OC(=O)[C@](C)(Cc2ccccc2)[C@@H](C)O1. The van der Waals surface area contributed by atoms with E-state index in [-0.39, 0.29) is 12.1 Å². The largest absolute Gasteiger partial charge is 0.436 e. The maximum Gasteiger partial charge on any atom is 0.317 e. The molecule has 0 saturated carbocycles. The molecule has 0 radical (unpaired) electrons. The molecule has 1 heterocycles. The van der Waals surface area contributed by atoms with Gasteiger partial charge in [0.05, 0.1) is 11.5 Å². The first-order chi connectivity index (χ1) is 8.02. The van der Waals surface area contributed by atoms with Gasteiger partial charge in [-0.05, 0) is 32.8 Å². The van der Waals surface area contributed by atoms with E-state index in [2.05, 4.69) is 0 Å². The fourth-order valence-corrected chi connectivity index (χ4v) is 2.15. The molecule has 0 amide bonds. The molecule has 0 bridgehead atoms. The van der Waals surface area contributed by atoms with Crippen molar-refractivity contribution < 1.29 is 14.3 Å². The lowest BCUT2D eigenvalue weighted by atomic mass is 9.78. The van der Waals surface area contributed by atoms with Gasteiger partial charge in [0.2, 0.25) is 0 Å². The number of carbonyl (C=O) groups excluding carboxylic acids is 1. The number of hydrogen-bond donors (Lipinski definition) is 0. The number of esters is 1. The Bertz CT molecular complexity index is 401. The van der Waals surface area contributed by atoms with E-state index >= 15 is 0 Å². The smallest absolute Gasteiger partial charge is 0.317 e. The van der Waals surface area contributed by atoms with Gasteiger partial charge in [-0.25, -0.2) is 0 Å². The van der Waals surface area contributed by atoms with Gasteiger partial charge in [-0.3, -0.25) is 4.79 Å². The molecular weight excluding hydrogens is 216 g/mol. The zero-order chi connectivity index (χ0) is 12.5. The molecule has 3 heteroatoms. The molecule has 1 saturated heterocycles. The molecule has 0 aliphatic carbocycles. The summed E-state index contributed by atoms with van der Waals surface area (Å²) in [5, 5.41) is 0. The van der Waals surface area contributed by atoms with E-state index < -0.39 is 11.7 Å². The third kappa shape index (κ3) is 2.34. The Morgan fingerprint density at radius 2 is 1.88 bits per heavy atom. The Labute approximate surface area is 102 Å². The predicted molar refractivity (Wildman–Crippen MR) is 64.4 cm³/mol. The molecule has 0 spiro atoms. The minimum atomic E-state index is -0.603. The van der Waals surface area contributed by atoms with Crippen LogP contribution in [0.3, 0.4) is 0 Å². The van der Waals surface area contributed by atoms with Gasteiger partial charge in [-0.1, -0.05) is 30.3 Å². The van der Waals surface area contributed by atoms with Gasteiger partial charge < -0.3 is 9.47 Å². The zero-order valence-electron chi connectivity index (χ0n) is 10.5. The van der Waals surface area contributed by atoms with Crippen molar-refractivity contribution in [1.82, 2.24) is 0 Å². The van der Waals surface area contributed by atoms with Crippen molar-refractivity contribution >= 4 is 5.97 Å². The van der Waals surface area contributed by atoms with Crippen molar-refractivity contribution in [2.75, 3.05) is 0 Å². The summed E-state index contributed by atoms with van der Waals surface area (Å²) in [6.07, 6.45) is 0.0564. The molecule has 0 aromatic heterocycles. The highest BCUT2D eigenvalue weighted by atomic mass is 16.7. The van der Waals surface area contributed by atoms with Crippen LogP contribution in [0.2, 0.25) is 0 Å². The molecule has 1 aromatic carbocycles. The Hall–Kier alpha value is -1.35. The van der Waals surface area contributed by atoms with Crippen molar-refractivity contribution in [2.24, 2.45) is 5.41 Å². The standard InChI is InChI=1S/C14H18O3/c1-10-14(3,13(15)17-11(2)16-10)9-12-7-5-4-6-8-12/h4-8,10-11H,9H2,1-3H3/t10-,11-,14-/m1/s1. The van der Waals surface area contributed by atoms with E-state index in [9.17, 15) is 4.79 Å². The first-order valence-corrected chi connectivity index (χ1v) is 5.93. The van der Waals surface area contributed by atoms with Crippen LogP contribution in [0.15, 0.2) is 30.3 Å². The normalized spacial score (nSPS) is 33.2. The minimum absolute atomic E-state index is 0.140. The van der Waals surface area contributed by atoms with E-state index in [4.69, 9.17) is 9.47 Å². The maximum atomic E-state index is 12.0. The second-order valence-electron chi connectivity index (χ2n) is 4.83. The van der Waals surface area contributed by atoms with Crippen molar-refractivity contribution in [2.45, 2.75) is 39.6 Å². The van der Waals surface area contributed by atoms with E-state index in [1.54, 1.807) is 6.92 Å². The molecule has 0 N–H and O–H groups in total. The predicted octanol–water partition coefficient (Wildman–Crippen LogP) is 2.54. The Kier molecular flexibility index (Phi) is 3.20. The highest BCUT2D eigenvalue weighted by Gasteiger charge is 2.46. The van der Waals surface area contributed by atoms with Crippen LogP contribution in [-0.4, -0.2) is 18.4 Å². The summed E-state index contributed by atoms with van der Waals surface area (Å²) in [6.45, 7) is 5.58. The maximum absolute atomic E-state index is 12.0. The molecule has 1 aliphatic heterocycles. The van der Waals surface area contributed by atoms with Crippen molar-refractivity contribution in [3.8, 4) is 0 Å². The number of benzene rings is 1. The third-order valence-corrected chi connectivity index (χ3v) is 3.45. The summed E-state index contributed by atoms with van der Waals surface area (Å²) < 4.78 is 10.8. The molecule has 92 valence electrons. The molecular formula is C14H18O3. The first kappa shape index (κ1) is 12.1. The van der Waals surface area contributed by atoms with Crippen LogP contribution in [0.1, 0.15) is 26.3 Å². The van der Waals surface area contributed by atoms with Crippen molar-refractivity contribution in [3.63, 3.8) is 0 Å². The van der Waals surface area contributed by atoms with Gasteiger partial charge in [0, 0.05) is 0 Å². The average Bonchev–Trinajstić information content (AvgIpc) is 2.28. The van der Waals surface area contributed by atoms with Gasteiger partial charge >= 0.3 is 5.97 Å². The second-order valence-corrected chi connectivity index (χ2v) is 4.83. The highest BCUT2D eigenvalue weighted by Crippen LogP contribution is 2.35. The van der Waals surface area contributed by atoms with Gasteiger partial charge in [0.25, 0.3) is 0 Å². The van der Waals surface area contributed by atoms with Gasteiger partial charge in [-0.2, -0.15) is 0 Å². The van der Waals surface area contributed by atoms with Crippen LogP contribution in [0.4, 0.5) is 0 Å². The first-order valence-electron chi connectivity index (χ1n) is 5.93. The van der Waals surface area contributed by atoms with Crippen LogP contribution in [-0.2, 0) is 20.7 Å². The summed E-state index contributed by atoms with van der Waals surface area (Å²) in [4.78, 5) is 12.0. The molecule has 0 unspecified atom stereocenters. The van der Waals surface area contributed by atoms with E-state index in [1.807, 2.05) is 44.2 Å². The minimum Gasteiger partial charge on any atom is -0.436 e. The van der Waals surface area contributed by atoms with E-state index in [0.717, 1.165) is 5.56 Å². The fourth-order valence-electron chi connectivity index (χ4n) is 2.15. The molecule has 17 heavy (non-hydrogen) atoms. The lowest BCUT2D eigenvalue weighted by Crippen LogP contribution is -2.50. The summed E-state index contributed by atoms with van der Waals surface area (Å²) in [6, 6.07) is 9.95. The molecule has 1 aliphatic rings. The molecule has 1 aromatic rings. The molecule has 2 rings (SSSR count). The highest BCUT2D eigenvalue weighted by molar-refractivity contribution is 5.78. The average molecular weight is 234 g/mol. The van der Waals surface area contributed by atoms with Crippen LogP contribution < -0.4 is 0 Å². The number of cyclic esters (lactones) is 1. The number of rotatable bonds is 2. The number of hydrogen-bond acceptors (Lipinski definition) is 3. The second kappa shape index (κ2) is 4.49. The van der Waals surface area contributed by atoms with E-state index in [0.29, 0.717) is 6.42 Å². The Morgan fingerprint density at radius 3 is 2.47 bits per heavy atom. The summed E-state index contributed by atoms with van der Waals surface area (Å²) >= 11 is 0. The lowest BCUT2D eigenvalue weighted by Gasteiger charge is -2.40. The molecule has 1 fully saturated rings. The Balaban J connectivity index is 2.20. The quantitative estimate of drug-likeness (QED) is 0.738. The van der Waals surface area contributed by atoms with Crippen molar-refractivity contribution in [3.05, 3.63) is 35.9 Å². The fraction of sp³-hybridized carbons (Fsp3) is 0.500. The van der Waals surface area contributed by atoms with Crippen LogP contribution in [0, 0.1) is 5.41 Å². The summed E-state index contributed by atoms with van der Waals surface area (Å²) in [7, 11) is 0. The van der Waals surface area contributed by atoms with Crippen molar-refractivity contribution in [1.29, 1.82) is 0 Å².